The average molecular weight is 229 g/mol. The van der Waals surface area contributed by atoms with Gasteiger partial charge in [-0.3, -0.25) is 0 Å². The fraction of sp³-hybridized carbons (Fsp3) is 0.385. The van der Waals surface area contributed by atoms with E-state index in [4.69, 9.17) is 9.68 Å². The molecule has 0 aliphatic carbocycles. The molecular weight excluding hydrogens is 214 g/mol. The Bertz CT molecular complexity index is 553. The van der Waals surface area contributed by atoms with Crippen LogP contribution in [0.4, 0.5) is 0 Å². The van der Waals surface area contributed by atoms with E-state index in [0.717, 1.165) is 23.1 Å². The van der Waals surface area contributed by atoms with Crippen molar-refractivity contribution in [2.75, 3.05) is 7.05 Å². The highest BCUT2D eigenvalue weighted by molar-refractivity contribution is 5.73. The van der Waals surface area contributed by atoms with Crippen molar-refractivity contribution in [1.29, 1.82) is 5.26 Å². The van der Waals surface area contributed by atoms with Crippen LogP contribution < -0.4 is 5.32 Å². The van der Waals surface area contributed by atoms with Gasteiger partial charge in [0, 0.05) is 19.4 Å². The molecule has 1 aromatic carbocycles. The summed E-state index contributed by atoms with van der Waals surface area (Å²) in [6.07, 6.45) is 1.34. The van der Waals surface area contributed by atoms with Crippen LogP contribution in [0.3, 0.4) is 0 Å². The molecule has 2 rings (SSSR count). The molecule has 1 unspecified atom stereocenters. The number of oxazole rings is 1. The number of fused-ring (bicyclic) bond motifs is 1. The van der Waals surface area contributed by atoms with Crippen molar-refractivity contribution in [3.05, 3.63) is 29.7 Å². The van der Waals surface area contributed by atoms with Crippen molar-refractivity contribution in [3.8, 4) is 6.07 Å². The van der Waals surface area contributed by atoms with Gasteiger partial charge in [-0.25, -0.2) is 4.98 Å². The van der Waals surface area contributed by atoms with E-state index >= 15 is 0 Å². The molecule has 0 aliphatic rings. The normalized spacial score (nSPS) is 12.5. The lowest BCUT2D eigenvalue weighted by Gasteiger charge is -2.14. The fourth-order valence-electron chi connectivity index (χ4n) is 1.96. The summed E-state index contributed by atoms with van der Waals surface area (Å²) in [6, 6.07) is 8.33. The first-order valence-corrected chi connectivity index (χ1v) is 5.66. The van der Waals surface area contributed by atoms with Crippen LogP contribution in [0.5, 0.6) is 0 Å². The van der Waals surface area contributed by atoms with Gasteiger partial charge >= 0.3 is 0 Å². The minimum absolute atomic E-state index is 0.191. The van der Waals surface area contributed by atoms with E-state index in [2.05, 4.69) is 16.4 Å². The van der Waals surface area contributed by atoms with Crippen molar-refractivity contribution in [3.63, 3.8) is 0 Å². The first kappa shape index (κ1) is 11.6. The van der Waals surface area contributed by atoms with Gasteiger partial charge in [-0.05, 0) is 31.2 Å². The van der Waals surface area contributed by atoms with Gasteiger partial charge in [0.1, 0.15) is 5.52 Å². The monoisotopic (exact) mass is 229 g/mol. The number of benzene rings is 1. The Morgan fingerprint density at radius 3 is 3.06 bits per heavy atom. The van der Waals surface area contributed by atoms with Gasteiger partial charge in [0.25, 0.3) is 0 Å². The Hall–Kier alpha value is -1.86. The summed E-state index contributed by atoms with van der Waals surface area (Å²) in [5.74, 6) is 0.676. The zero-order chi connectivity index (χ0) is 12.3. The number of rotatable bonds is 4. The molecule has 0 bridgehead atoms. The molecule has 4 heteroatoms. The summed E-state index contributed by atoms with van der Waals surface area (Å²) in [4.78, 5) is 4.31. The maximum atomic E-state index is 8.63. The smallest absolute Gasteiger partial charge is 0.192 e. The van der Waals surface area contributed by atoms with Gasteiger partial charge in [-0.1, -0.05) is 6.07 Å². The zero-order valence-corrected chi connectivity index (χ0v) is 10.0. The molecule has 0 saturated carbocycles. The highest BCUT2D eigenvalue weighted by Gasteiger charge is 2.11. The number of hydrogen-bond acceptors (Lipinski definition) is 4. The lowest BCUT2D eigenvalue weighted by atomic mass is 10.0. The summed E-state index contributed by atoms with van der Waals surface area (Å²) in [5, 5.41) is 11.8. The van der Waals surface area contributed by atoms with E-state index in [1.165, 1.54) is 0 Å². The molecule has 1 N–H and O–H groups in total. The van der Waals surface area contributed by atoms with Crippen LogP contribution in [0.25, 0.3) is 11.1 Å². The van der Waals surface area contributed by atoms with Crippen LogP contribution in [0.1, 0.15) is 30.3 Å². The van der Waals surface area contributed by atoms with Gasteiger partial charge in [0.2, 0.25) is 0 Å². The van der Waals surface area contributed by atoms with Crippen LogP contribution in [0.15, 0.2) is 22.6 Å². The van der Waals surface area contributed by atoms with Crippen LogP contribution in [0, 0.1) is 18.3 Å². The second-order valence-electron chi connectivity index (χ2n) is 4.00. The third-order valence-corrected chi connectivity index (χ3v) is 2.81. The van der Waals surface area contributed by atoms with Gasteiger partial charge < -0.3 is 9.73 Å². The standard InChI is InChI=1S/C13H15N3O/c1-9-16-12-8-10(5-6-13(12)17-9)11(15-2)4-3-7-14/h5-6,8,11,15H,3-4H2,1-2H3. The van der Waals surface area contributed by atoms with Crippen molar-refractivity contribution in [1.82, 2.24) is 10.3 Å². The lowest BCUT2D eigenvalue weighted by molar-refractivity contribution is 0.555. The maximum Gasteiger partial charge on any atom is 0.192 e. The number of nitrogens with zero attached hydrogens (tertiary/aromatic N) is 2. The number of aromatic nitrogens is 1. The molecule has 2 aromatic rings. The molecule has 88 valence electrons. The van der Waals surface area contributed by atoms with E-state index < -0.39 is 0 Å². The molecule has 0 amide bonds. The Kier molecular flexibility index (Phi) is 3.40. The van der Waals surface area contributed by atoms with E-state index in [9.17, 15) is 0 Å². The summed E-state index contributed by atoms with van der Waals surface area (Å²) in [5.41, 5.74) is 2.82. The highest BCUT2D eigenvalue weighted by Crippen LogP contribution is 2.23. The first-order chi connectivity index (χ1) is 8.24. The highest BCUT2D eigenvalue weighted by atomic mass is 16.3. The predicted octanol–water partition coefficient (Wildman–Crippen LogP) is 2.70. The fourth-order valence-corrected chi connectivity index (χ4v) is 1.96. The first-order valence-electron chi connectivity index (χ1n) is 5.66. The summed E-state index contributed by atoms with van der Waals surface area (Å²) >= 11 is 0. The summed E-state index contributed by atoms with van der Waals surface area (Å²) in [6.45, 7) is 1.84. The Morgan fingerprint density at radius 1 is 1.53 bits per heavy atom. The molecular formula is C13H15N3O. The quantitative estimate of drug-likeness (QED) is 0.875. The number of nitrogens with one attached hydrogen (secondary N) is 1. The average Bonchev–Trinajstić information content (AvgIpc) is 2.69. The Labute approximate surface area is 100 Å². The topological polar surface area (TPSA) is 61.9 Å². The third kappa shape index (κ3) is 2.45. The molecule has 0 radical (unpaired) electrons. The van der Waals surface area contributed by atoms with Crippen LogP contribution in [-0.4, -0.2) is 12.0 Å². The molecule has 4 nitrogen and oxygen atoms in total. The number of hydrogen-bond donors (Lipinski definition) is 1. The van der Waals surface area contributed by atoms with Crippen molar-refractivity contribution in [2.24, 2.45) is 0 Å². The van der Waals surface area contributed by atoms with Crippen LogP contribution in [0.2, 0.25) is 0 Å². The van der Waals surface area contributed by atoms with Crippen molar-refractivity contribution in [2.45, 2.75) is 25.8 Å². The second kappa shape index (κ2) is 4.98. The van der Waals surface area contributed by atoms with Crippen LogP contribution >= 0.6 is 0 Å². The maximum absolute atomic E-state index is 8.63. The van der Waals surface area contributed by atoms with Crippen molar-refractivity contribution >= 4 is 11.1 Å². The van der Waals surface area contributed by atoms with E-state index in [1.807, 2.05) is 32.2 Å². The SMILES string of the molecule is CNC(CCC#N)c1ccc2oc(C)nc2c1. The summed E-state index contributed by atoms with van der Waals surface area (Å²) in [7, 11) is 1.90. The van der Waals surface area contributed by atoms with E-state index in [-0.39, 0.29) is 6.04 Å². The zero-order valence-electron chi connectivity index (χ0n) is 10.0. The van der Waals surface area contributed by atoms with Gasteiger partial charge in [-0.2, -0.15) is 5.26 Å². The number of nitriles is 1. The predicted molar refractivity (Wildman–Crippen MR) is 65.4 cm³/mol. The largest absolute Gasteiger partial charge is 0.441 e. The molecule has 1 atom stereocenters. The van der Waals surface area contributed by atoms with Crippen molar-refractivity contribution < 1.29 is 4.42 Å². The van der Waals surface area contributed by atoms with Crippen LogP contribution in [-0.2, 0) is 0 Å². The lowest BCUT2D eigenvalue weighted by Crippen LogP contribution is -2.15. The Morgan fingerprint density at radius 2 is 2.35 bits per heavy atom. The van der Waals surface area contributed by atoms with Gasteiger partial charge in [0.15, 0.2) is 11.5 Å². The van der Waals surface area contributed by atoms with E-state index in [0.29, 0.717) is 12.3 Å². The number of aryl methyl sites for hydroxylation is 1. The summed E-state index contributed by atoms with van der Waals surface area (Å²) < 4.78 is 5.43. The van der Waals surface area contributed by atoms with E-state index in [1.54, 1.807) is 0 Å². The van der Waals surface area contributed by atoms with Gasteiger partial charge in [0.05, 0.1) is 6.07 Å². The molecule has 0 fully saturated rings. The van der Waals surface area contributed by atoms with Gasteiger partial charge in [-0.15, -0.1) is 0 Å². The Balaban J connectivity index is 2.30. The minimum Gasteiger partial charge on any atom is -0.441 e. The second-order valence-corrected chi connectivity index (χ2v) is 4.00. The minimum atomic E-state index is 0.191. The molecule has 17 heavy (non-hydrogen) atoms. The molecule has 0 aliphatic heterocycles. The third-order valence-electron chi connectivity index (χ3n) is 2.81. The molecule has 1 aromatic heterocycles. The molecule has 0 spiro atoms. The molecule has 0 saturated heterocycles. The molecule has 1 heterocycles.